The van der Waals surface area contributed by atoms with E-state index in [2.05, 4.69) is 30.2 Å². The Morgan fingerprint density at radius 1 is 1.23 bits per heavy atom. The maximum absolute atomic E-state index is 15.1. The average Bonchev–Trinajstić information content (AvgIpc) is 3.31. The number of pyridine rings is 1. The van der Waals surface area contributed by atoms with E-state index in [-0.39, 0.29) is 24.0 Å². The van der Waals surface area contributed by atoms with Crippen LogP contribution in [0.2, 0.25) is 0 Å². The van der Waals surface area contributed by atoms with Gasteiger partial charge < -0.3 is 24.9 Å². The van der Waals surface area contributed by atoms with E-state index >= 15 is 4.39 Å². The van der Waals surface area contributed by atoms with Crippen LogP contribution in [-0.2, 0) is 11.3 Å². The number of aliphatic imine (C=N–C) groups is 1. The van der Waals surface area contributed by atoms with Gasteiger partial charge in [0, 0.05) is 44.8 Å². The molecule has 1 aliphatic rings. The molecule has 0 amide bonds. The van der Waals surface area contributed by atoms with Gasteiger partial charge in [0.2, 0.25) is 0 Å². The highest BCUT2D eigenvalue weighted by atomic mass is 32.2. The van der Waals surface area contributed by atoms with Gasteiger partial charge in [-0.15, -0.1) is 0 Å². The summed E-state index contributed by atoms with van der Waals surface area (Å²) < 4.78 is 46.1. The minimum Gasteiger partial charge on any atom is -0.485 e. The van der Waals surface area contributed by atoms with E-state index < -0.39 is 16.4 Å². The van der Waals surface area contributed by atoms with Crippen molar-refractivity contribution in [3.05, 3.63) is 65.3 Å². The molecule has 1 saturated carbocycles. The van der Waals surface area contributed by atoms with E-state index in [0.717, 1.165) is 6.07 Å². The number of nitrogens with two attached hydrogens (primary N) is 1. The van der Waals surface area contributed by atoms with Crippen molar-refractivity contribution in [2.75, 3.05) is 26.1 Å². The maximum atomic E-state index is 15.1. The maximum Gasteiger partial charge on any atom is 0.191 e. The van der Waals surface area contributed by atoms with E-state index in [1.165, 1.54) is 24.3 Å². The van der Waals surface area contributed by atoms with E-state index in [4.69, 9.17) is 19.6 Å². The first-order valence-electron chi connectivity index (χ1n) is 12.5. The largest absolute Gasteiger partial charge is 0.485 e. The summed E-state index contributed by atoms with van der Waals surface area (Å²) in [6, 6.07) is 4.40. The number of rotatable bonds is 9. The molecule has 1 unspecified atom stereocenters. The Hall–Kier alpha value is -3.84. The zero-order valence-electron chi connectivity index (χ0n) is 22.7. The molecule has 4 aromatic rings. The Morgan fingerprint density at radius 2 is 2.02 bits per heavy atom. The van der Waals surface area contributed by atoms with Crippen LogP contribution < -0.4 is 15.8 Å². The SMILES string of the molecule is C/N=C(/N)S[C@@]1(COC)C(C)[C@H]1c1cc(Nc2ncnc3cc(OCc4nc(C)oc4C)cnc23)cc(F)c1F. The molecule has 5 rings (SSSR count). The molecule has 210 valence electrons. The second-order valence-corrected chi connectivity index (χ2v) is 11.0. The number of nitrogens with one attached hydrogen (secondary N) is 1. The Bertz CT molecular complexity index is 1600. The van der Waals surface area contributed by atoms with Gasteiger partial charge in [0.05, 0.1) is 23.1 Å². The quantitative estimate of drug-likeness (QED) is 0.209. The van der Waals surface area contributed by atoms with Gasteiger partial charge in [0.15, 0.2) is 28.5 Å². The van der Waals surface area contributed by atoms with E-state index in [1.54, 1.807) is 33.2 Å². The number of hydrogen-bond acceptors (Lipinski definition) is 10. The van der Waals surface area contributed by atoms with Gasteiger partial charge in [-0.3, -0.25) is 4.99 Å². The molecule has 1 aromatic carbocycles. The van der Waals surface area contributed by atoms with Gasteiger partial charge in [0.25, 0.3) is 0 Å². The van der Waals surface area contributed by atoms with E-state index in [9.17, 15) is 4.39 Å². The number of amidine groups is 1. The number of aromatic nitrogens is 4. The molecule has 0 spiro atoms. The summed E-state index contributed by atoms with van der Waals surface area (Å²) in [7, 11) is 3.15. The number of oxazole rings is 1. The molecule has 3 atom stereocenters. The number of halogens is 2. The Morgan fingerprint density at radius 3 is 2.73 bits per heavy atom. The van der Waals surface area contributed by atoms with Gasteiger partial charge in [-0.1, -0.05) is 18.7 Å². The first-order valence-corrected chi connectivity index (χ1v) is 13.3. The van der Waals surface area contributed by atoms with Crippen LogP contribution in [0.3, 0.4) is 0 Å². The van der Waals surface area contributed by atoms with Crippen LogP contribution in [0.1, 0.15) is 35.7 Å². The standard InChI is InChI=1S/C27H29F2N7O3S/c1-13-22(27(13,11-37-5)40-26(30)31-4)18-6-16(7-19(28)23(18)29)36-25-24-20(33-12-34-25)8-17(9-32-24)38-10-21-14(2)39-15(3)35-21/h6-9,12-13,22H,10-11H2,1-5H3,(H2,30,31)(H,33,34,36)/t13?,22-,27-/m0/s1. The lowest BCUT2D eigenvalue weighted by Crippen LogP contribution is -2.22. The third-order valence-corrected chi connectivity index (χ3v) is 8.57. The zero-order chi connectivity index (χ0) is 28.6. The Labute approximate surface area is 233 Å². The van der Waals surface area contributed by atoms with Crippen LogP contribution in [0.5, 0.6) is 5.75 Å². The summed E-state index contributed by atoms with van der Waals surface area (Å²) in [5, 5.41) is 3.44. The normalized spacial score (nSPS) is 20.6. The first kappa shape index (κ1) is 27.7. The van der Waals surface area contributed by atoms with Crippen molar-refractivity contribution in [3.63, 3.8) is 0 Å². The third-order valence-electron chi connectivity index (χ3n) is 7.05. The monoisotopic (exact) mass is 569 g/mol. The molecule has 1 fully saturated rings. The fourth-order valence-corrected chi connectivity index (χ4v) is 6.37. The number of thioether (sulfide) groups is 1. The minimum absolute atomic E-state index is 0.0354. The van der Waals surface area contributed by atoms with Crippen LogP contribution in [0.4, 0.5) is 20.3 Å². The molecule has 3 heterocycles. The molecule has 1 aliphatic carbocycles. The van der Waals surface area contributed by atoms with Crippen molar-refractivity contribution in [1.29, 1.82) is 0 Å². The summed E-state index contributed by atoms with van der Waals surface area (Å²) in [6.07, 6.45) is 2.90. The van der Waals surface area contributed by atoms with Crippen molar-refractivity contribution in [3.8, 4) is 5.75 Å². The predicted molar refractivity (Wildman–Crippen MR) is 149 cm³/mol. The molecule has 3 N–H and O–H groups in total. The van der Waals surface area contributed by atoms with Gasteiger partial charge in [-0.05, 0) is 24.5 Å². The number of hydrogen-bond donors (Lipinski definition) is 2. The topological polar surface area (TPSA) is 134 Å². The summed E-state index contributed by atoms with van der Waals surface area (Å²) >= 11 is 1.32. The first-order chi connectivity index (χ1) is 19.2. The summed E-state index contributed by atoms with van der Waals surface area (Å²) in [5.41, 5.74) is 8.17. The van der Waals surface area contributed by atoms with Gasteiger partial charge in [-0.2, -0.15) is 0 Å². The lowest BCUT2D eigenvalue weighted by molar-refractivity contribution is 0.190. The van der Waals surface area contributed by atoms with Gasteiger partial charge in [-0.25, -0.2) is 28.7 Å². The number of fused-ring (bicyclic) bond motifs is 1. The summed E-state index contributed by atoms with van der Waals surface area (Å²) in [6.45, 7) is 6.07. The highest BCUT2D eigenvalue weighted by Crippen LogP contribution is 2.66. The molecular formula is C27H29F2N7O3S. The summed E-state index contributed by atoms with van der Waals surface area (Å²) in [5.74, 6) is -0.192. The molecule has 0 radical (unpaired) electrons. The van der Waals surface area contributed by atoms with Crippen molar-refractivity contribution < 1.29 is 22.7 Å². The van der Waals surface area contributed by atoms with Crippen molar-refractivity contribution in [2.24, 2.45) is 16.6 Å². The number of anilines is 2. The molecule has 0 aliphatic heterocycles. The van der Waals surface area contributed by atoms with Gasteiger partial charge in [0.1, 0.15) is 35.7 Å². The molecule has 0 bridgehead atoms. The Balaban J connectivity index is 1.41. The summed E-state index contributed by atoms with van der Waals surface area (Å²) in [4.78, 5) is 21.4. The van der Waals surface area contributed by atoms with Crippen molar-refractivity contribution in [1.82, 2.24) is 19.9 Å². The fraction of sp³-hybridized carbons (Fsp3) is 0.370. The lowest BCUT2D eigenvalue weighted by atomic mass is 10.1. The molecule has 40 heavy (non-hydrogen) atoms. The fourth-order valence-electron chi connectivity index (χ4n) is 5.00. The molecule has 10 nitrogen and oxygen atoms in total. The number of nitrogens with zero attached hydrogens (tertiary/aromatic N) is 5. The van der Waals surface area contributed by atoms with Crippen molar-refractivity contribution in [2.45, 2.75) is 38.0 Å². The second kappa shape index (κ2) is 11.0. The van der Waals surface area contributed by atoms with Crippen LogP contribution in [0, 0.1) is 31.4 Å². The number of aryl methyl sites for hydroxylation is 2. The van der Waals surface area contributed by atoms with Crippen molar-refractivity contribution >= 4 is 39.5 Å². The minimum atomic E-state index is -0.979. The van der Waals surface area contributed by atoms with Crippen LogP contribution in [-0.4, -0.2) is 50.6 Å². The molecular weight excluding hydrogens is 540 g/mol. The Kier molecular flexibility index (Phi) is 7.60. The van der Waals surface area contributed by atoms with Crippen LogP contribution in [0.15, 0.2) is 40.1 Å². The smallest absolute Gasteiger partial charge is 0.191 e. The second-order valence-electron chi connectivity index (χ2n) is 9.59. The number of benzene rings is 1. The average molecular weight is 570 g/mol. The van der Waals surface area contributed by atoms with Crippen LogP contribution >= 0.6 is 11.8 Å². The highest BCUT2D eigenvalue weighted by molar-refractivity contribution is 8.15. The molecule has 0 saturated heterocycles. The predicted octanol–water partition coefficient (Wildman–Crippen LogP) is 5.03. The van der Waals surface area contributed by atoms with E-state index in [1.807, 2.05) is 13.8 Å². The number of methoxy groups -OCH3 is 1. The zero-order valence-corrected chi connectivity index (χ0v) is 23.5. The number of ether oxygens (including phenoxy) is 2. The third kappa shape index (κ3) is 5.18. The molecule has 13 heteroatoms. The lowest BCUT2D eigenvalue weighted by Gasteiger charge is -2.17. The van der Waals surface area contributed by atoms with Crippen LogP contribution in [0.25, 0.3) is 11.0 Å². The van der Waals surface area contributed by atoms with E-state index in [0.29, 0.717) is 57.4 Å². The highest BCUT2D eigenvalue weighted by Gasteiger charge is 2.64. The molecule has 3 aromatic heterocycles. The van der Waals surface area contributed by atoms with Gasteiger partial charge >= 0.3 is 0 Å².